The van der Waals surface area contributed by atoms with Gasteiger partial charge in [0, 0.05) is 25.7 Å². The lowest BCUT2D eigenvalue weighted by molar-refractivity contribution is -0.127. The Morgan fingerprint density at radius 1 is 0.697 bits per heavy atom. The molecule has 8 bridgehead atoms. The minimum atomic E-state index is -0.442. The van der Waals surface area contributed by atoms with Gasteiger partial charge in [-0.2, -0.15) is 20.2 Å². The molecule has 8 aliphatic rings. The van der Waals surface area contributed by atoms with E-state index < -0.39 is 11.1 Å². The molecule has 338 valence electrons. The van der Waals surface area contributed by atoms with Crippen LogP contribution in [0.3, 0.4) is 0 Å². The van der Waals surface area contributed by atoms with Crippen molar-refractivity contribution in [3.05, 3.63) is 80.6 Å². The van der Waals surface area contributed by atoms with Gasteiger partial charge in [0.25, 0.3) is 0 Å². The highest BCUT2D eigenvalue weighted by Gasteiger charge is 2.60. The molecule has 0 spiro atoms. The van der Waals surface area contributed by atoms with E-state index in [1.165, 1.54) is 12.7 Å². The zero-order valence-corrected chi connectivity index (χ0v) is 37.6. The van der Waals surface area contributed by atoms with Crippen molar-refractivity contribution in [2.75, 3.05) is 10.6 Å². The second kappa shape index (κ2) is 13.6. The second-order valence-electron chi connectivity index (χ2n) is 20.8. The number of aryl methyl sites for hydroxylation is 2. The molecule has 4 atom stereocenters. The van der Waals surface area contributed by atoms with Gasteiger partial charge >= 0.3 is 11.4 Å². The number of halogens is 2. The molecule has 8 aromatic heterocycles. The number of imidazole rings is 2. The summed E-state index contributed by atoms with van der Waals surface area (Å²) in [5.41, 5.74) is 3.78. The number of rotatable bonds is 9. The fraction of sp³-hybridized carbons (Fsp3) is 0.511. The molecule has 0 saturated heterocycles. The van der Waals surface area contributed by atoms with Crippen LogP contribution in [0.2, 0.25) is 10.0 Å². The van der Waals surface area contributed by atoms with E-state index in [1.54, 1.807) is 57.6 Å². The van der Waals surface area contributed by atoms with Crippen molar-refractivity contribution in [1.82, 2.24) is 67.4 Å². The first kappa shape index (κ1) is 39.3. The van der Waals surface area contributed by atoms with Gasteiger partial charge < -0.3 is 15.7 Å². The summed E-state index contributed by atoms with van der Waals surface area (Å²) in [7, 11) is 1.79. The van der Waals surface area contributed by atoms with Crippen LogP contribution >= 0.6 is 23.2 Å². The van der Waals surface area contributed by atoms with Gasteiger partial charge in [0.05, 0.1) is 63.4 Å². The molecule has 0 aromatic carbocycles. The van der Waals surface area contributed by atoms with E-state index in [1.807, 2.05) is 13.7 Å². The van der Waals surface area contributed by atoms with Crippen molar-refractivity contribution in [1.29, 1.82) is 0 Å². The third-order valence-electron chi connectivity index (χ3n) is 16.9. The van der Waals surface area contributed by atoms with E-state index in [0.29, 0.717) is 91.2 Å². The van der Waals surface area contributed by atoms with Gasteiger partial charge in [-0.1, -0.05) is 23.2 Å². The summed E-state index contributed by atoms with van der Waals surface area (Å²) in [4.78, 5) is 57.9. The Labute approximate surface area is 385 Å². The Balaban J connectivity index is 0.828. The number of fused-ring (bicyclic) bond motifs is 4. The Morgan fingerprint density at radius 3 is 1.88 bits per heavy atom. The van der Waals surface area contributed by atoms with E-state index in [9.17, 15) is 9.90 Å². The van der Waals surface area contributed by atoms with Crippen LogP contribution in [0.15, 0.2) is 59.2 Å². The maximum Gasteiger partial charge on any atom is 0.330 e. The van der Waals surface area contributed by atoms with Gasteiger partial charge in [-0.15, -0.1) is 0 Å². The molecule has 0 aliphatic heterocycles. The highest BCUT2D eigenvalue weighted by molar-refractivity contribution is 6.34. The molecule has 21 heteroatoms. The van der Waals surface area contributed by atoms with Crippen molar-refractivity contribution >= 4 is 80.1 Å². The fourth-order valence-corrected chi connectivity index (χ4v) is 15.4. The summed E-state index contributed by atoms with van der Waals surface area (Å²) in [6.07, 6.45) is 20.6. The molecule has 19 nitrogen and oxygen atoms in total. The Kier molecular flexibility index (Phi) is 8.09. The van der Waals surface area contributed by atoms with E-state index in [-0.39, 0.29) is 34.7 Å². The summed E-state index contributed by atoms with van der Waals surface area (Å²) in [6, 6.07) is 3.46. The molecular weight excluding hydrogens is 884 g/mol. The number of aliphatic hydroxyl groups excluding tert-OH is 1. The van der Waals surface area contributed by atoms with Gasteiger partial charge in [0.2, 0.25) is 11.9 Å². The van der Waals surface area contributed by atoms with Crippen LogP contribution in [0.25, 0.3) is 33.6 Å². The summed E-state index contributed by atoms with van der Waals surface area (Å²) in [5.74, 6) is 2.32. The number of aromatic nitrogens is 14. The molecule has 8 saturated carbocycles. The maximum absolute atomic E-state index is 15.3. The average molecular weight is 930 g/mol. The SMILES string of the molecule is Cn1c(=O)n(C23CC4CC(CC(CCn5c(=O)n(C67CC8CC(C6)C(O)C(C8)C7)c6nc(Nc7cn8ncnc8cc7Cl)ncc65)(C4)C2)C3)c2nc(Nc3cn4ncnc4cc3Cl)ncc21. The van der Waals surface area contributed by atoms with Crippen LogP contribution < -0.4 is 22.0 Å². The highest BCUT2D eigenvalue weighted by atomic mass is 35.5. The predicted molar refractivity (Wildman–Crippen MR) is 244 cm³/mol. The standard InChI is InChI=1S/C45H46Cl2N16O3/c1-58-32-16-48-39(54-30-18-60-34(7-28(30)46)50-21-52-60)56-37(32)62(41(58)65)45-12-24-4-25(13-45)10-43(9-24,20-45)2-3-59-33-17-49-40(55-31-19-61-35(8-29(31)47)51-22-53-61)57-38(33)63(42(59)66)44-11-23-5-26(14-44)36(64)27(6-23)15-44/h7-8,16-19,21-27,36,64H,2-6,9-15,20H2,1H3,(H,48,54,56)(H,49,55,57). The van der Waals surface area contributed by atoms with E-state index in [0.717, 1.165) is 77.0 Å². The van der Waals surface area contributed by atoms with Gasteiger partial charge in [-0.3, -0.25) is 18.3 Å². The molecule has 0 amide bonds. The molecule has 3 N–H and O–H groups in total. The minimum absolute atomic E-state index is 0.0699. The summed E-state index contributed by atoms with van der Waals surface area (Å²) in [6.45, 7) is 0.495. The second-order valence-corrected chi connectivity index (χ2v) is 21.6. The topological polar surface area (TPSA) is 210 Å². The molecule has 0 radical (unpaired) electrons. The van der Waals surface area contributed by atoms with Crippen molar-refractivity contribution in [3.8, 4) is 0 Å². The molecule has 8 heterocycles. The number of nitrogens with zero attached hydrogens (tertiary/aromatic N) is 14. The van der Waals surface area contributed by atoms with Crippen molar-refractivity contribution < 1.29 is 5.11 Å². The first-order valence-corrected chi connectivity index (χ1v) is 23.8. The minimum Gasteiger partial charge on any atom is -0.393 e. The molecule has 66 heavy (non-hydrogen) atoms. The largest absolute Gasteiger partial charge is 0.393 e. The summed E-state index contributed by atoms with van der Waals surface area (Å²) >= 11 is 13.4. The highest BCUT2D eigenvalue weighted by Crippen LogP contribution is 2.66. The molecule has 8 aromatic rings. The third-order valence-corrected chi connectivity index (χ3v) is 17.5. The number of anilines is 4. The van der Waals surface area contributed by atoms with Crippen LogP contribution in [0.5, 0.6) is 0 Å². The van der Waals surface area contributed by atoms with Gasteiger partial charge in [0.15, 0.2) is 22.6 Å². The number of hydrogen-bond acceptors (Lipinski definition) is 13. The lowest BCUT2D eigenvalue weighted by Crippen LogP contribution is -2.59. The third kappa shape index (κ3) is 5.65. The van der Waals surface area contributed by atoms with E-state index in [4.69, 9.17) is 38.2 Å². The Bertz CT molecular complexity index is 3450. The van der Waals surface area contributed by atoms with Crippen LogP contribution in [-0.4, -0.2) is 78.6 Å². The lowest BCUT2D eigenvalue weighted by atomic mass is 9.46. The Hall–Kier alpha value is -5.92. The van der Waals surface area contributed by atoms with Crippen LogP contribution in [0, 0.1) is 35.0 Å². The summed E-state index contributed by atoms with van der Waals surface area (Å²) < 4.78 is 10.8. The first-order chi connectivity index (χ1) is 31.9. The molecule has 8 fully saturated rings. The summed E-state index contributed by atoms with van der Waals surface area (Å²) in [5, 5.41) is 27.3. The normalized spacial score (nSPS) is 30.8. The van der Waals surface area contributed by atoms with Gasteiger partial charge in [0.1, 0.15) is 23.7 Å². The van der Waals surface area contributed by atoms with Crippen LogP contribution in [0.1, 0.15) is 77.0 Å². The first-order valence-electron chi connectivity index (χ1n) is 23.1. The van der Waals surface area contributed by atoms with Gasteiger partial charge in [-0.25, -0.2) is 38.6 Å². The van der Waals surface area contributed by atoms with Crippen molar-refractivity contribution in [2.24, 2.45) is 42.1 Å². The van der Waals surface area contributed by atoms with E-state index in [2.05, 4.69) is 35.8 Å². The zero-order valence-electron chi connectivity index (χ0n) is 36.1. The van der Waals surface area contributed by atoms with Gasteiger partial charge in [-0.05, 0) is 112 Å². The fourth-order valence-electron chi connectivity index (χ4n) is 15.0. The zero-order chi connectivity index (χ0) is 44.4. The average Bonchev–Trinajstić information content (AvgIpc) is 4.05. The molecule has 16 rings (SSSR count). The molecule has 8 aliphatic carbocycles. The van der Waals surface area contributed by atoms with Crippen LogP contribution in [0.4, 0.5) is 23.3 Å². The van der Waals surface area contributed by atoms with E-state index >= 15 is 4.79 Å². The lowest BCUT2D eigenvalue weighted by Gasteiger charge is -2.62. The monoisotopic (exact) mass is 928 g/mol. The quantitative estimate of drug-likeness (QED) is 0.148. The molecular formula is C45H46Cl2N16O3. The number of hydrogen-bond donors (Lipinski definition) is 3. The number of nitrogens with one attached hydrogen (secondary N) is 2. The predicted octanol–water partition coefficient (Wildman–Crippen LogP) is 6.20. The smallest absolute Gasteiger partial charge is 0.330 e. The number of pyridine rings is 2. The maximum atomic E-state index is 15.3. The Morgan fingerprint density at radius 2 is 1.26 bits per heavy atom. The van der Waals surface area contributed by atoms with Crippen molar-refractivity contribution in [2.45, 2.75) is 101 Å². The molecule has 4 unspecified atom stereocenters. The van der Waals surface area contributed by atoms with Crippen molar-refractivity contribution in [3.63, 3.8) is 0 Å². The number of aliphatic hydroxyl groups is 1. The van der Waals surface area contributed by atoms with Crippen LogP contribution in [-0.2, 0) is 24.7 Å².